The molecule has 2 rings (SSSR count). The SMILES string of the molecule is COCCOc1ccc(C(=O)N2CCNC[C@H]2C)cc1.Cl. The molecule has 1 atom stereocenters. The molecule has 0 bridgehead atoms. The molecule has 1 N–H and O–H groups in total. The number of carbonyl (C=O) groups is 1. The quantitative estimate of drug-likeness (QED) is 0.838. The van der Waals surface area contributed by atoms with Crippen molar-refractivity contribution in [3.63, 3.8) is 0 Å². The van der Waals surface area contributed by atoms with Gasteiger partial charge in [0.25, 0.3) is 5.91 Å². The highest BCUT2D eigenvalue weighted by Crippen LogP contribution is 2.15. The molecule has 118 valence electrons. The fourth-order valence-corrected chi connectivity index (χ4v) is 2.25. The lowest BCUT2D eigenvalue weighted by Crippen LogP contribution is -2.52. The van der Waals surface area contributed by atoms with Crippen molar-refractivity contribution in [3.8, 4) is 5.75 Å². The molecule has 0 aliphatic carbocycles. The van der Waals surface area contributed by atoms with E-state index in [1.807, 2.05) is 29.2 Å². The standard InChI is InChI=1S/C15H22N2O3.ClH/c1-12-11-16-7-8-17(12)15(18)13-3-5-14(6-4-13)20-10-9-19-2;/h3-6,12,16H,7-11H2,1-2H3;1H/t12-;/m1./s1. The van der Waals surface area contributed by atoms with Gasteiger partial charge < -0.3 is 19.7 Å². The van der Waals surface area contributed by atoms with Gasteiger partial charge in [0, 0.05) is 38.3 Å². The van der Waals surface area contributed by atoms with E-state index in [2.05, 4.69) is 12.2 Å². The maximum Gasteiger partial charge on any atom is 0.254 e. The third-order valence-corrected chi connectivity index (χ3v) is 3.42. The summed E-state index contributed by atoms with van der Waals surface area (Å²) in [6.07, 6.45) is 0. The molecular weight excluding hydrogens is 292 g/mol. The van der Waals surface area contributed by atoms with Gasteiger partial charge >= 0.3 is 0 Å². The Morgan fingerprint density at radius 3 is 2.67 bits per heavy atom. The van der Waals surface area contributed by atoms with Gasteiger partial charge in [-0.1, -0.05) is 0 Å². The minimum absolute atomic E-state index is 0. The number of carbonyl (C=O) groups excluding carboxylic acids is 1. The highest BCUT2D eigenvalue weighted by molar-refractivity contribution is 5.94. The van der Waals surface area contributed by atoms with Crippen LogP contribution >= 0.6 is 12.4 Å². The number of nitrogens with zero attached hydrogens (tertiary/aromatic N) is 1. The highest BCUT2D eigenvalue weighted by Gasteiger charge is 2.23. The van der Waals surface area contributed by atoms with Crippen molar-refractivity contribution < 1.29 is 14.3 Å². The van der Waals surface area contributed by atoms with E-state index >= 15 is 0 Å². The van der Waals surface area contributed by atoms with Crippen molar-refractivity contribution in [3.05, 3.63) is 29.8 Å². The first-order valence-corrected chi connectivity index (χ1v) is 6.96. The fourth-order valence-electron chi connectivity index (χ4n) is 2.25. The van der Waals surface area contributed by atoms with Crippen LogP contribution in [0.4, 0.5) is 0 Å². The Kier molecular flexibility index (Phi) is 7.50. The zero-order valence-corrected chi connectivity index (χ0v) is 13.3. The number of ether oxygens (including phenoxy) is 2. The van der Waals surface area contributed by atoms with Crippen molar-refractivity contribution in [1.29, 1.82) is 0 Å². The molecule has 1 fully saturated rings. The second kappa shape index (κ2) is 8.87. The van der Waals surface area contributed by atoms with Gasteiger partial charge in [0.2, 0.25) is 0 Å². The van der Waals surface area contributed by atoms with Crippen LogP contribution in [0, 0.1) is 0 Å². The van der Waals surface area contributed by atoms with Gasteiger partial charge in [-0.25, -0.2) is 0 Å². The summed E-state index contributed by atoms with van der Waals surface area (Å²) in [5.74, 6) is 0.842. The lowest BCUT2D eigenvalue weighted by atomic mass is 10.1. The summed E-state index contributed by atoms with van der Waals surface area (Å²) in [5, 5.41) is 3.28. The molecule has 1 aliphatic heterocycles. The zero-order valence-electron chi connectivity index (χ0n) is 12.5. The molecular formula is C15H23ClN2O3. The first-order valence-electron chi connectivity index (χ1n) is 6.96. The summed E-state index contributed by atoms with van der Waals surface area (Å²) in [5.41, 5.74) is 0.706. The molecule has 0 unspecified atom stereocenters. The molecule has 5 nitrogen and oxygen atoms in total. The monoisotopic (exact) mass is 314 g/mol. The van der Waals surface area contributed by atoms with Crippen LogP contribution in [-0.2, 0) is 4.74 Å². The van der Waals surface area contributed by atoms with E-state index in [1.54, 1.807) is 7.11 Å². The summed E-state index contributed by atoms with van der Waals surface area (Å²) in [7, 11) is 1.64. The zero-order chi connectivity index (χ0) is 14.4. The fraction of sp³-hybridized carbons (Fsp3) is 0.533. The van der Waals surface area contributed by atoms with Crippen molar-refractivity contribution in [2.75, 3.05) is 40.0 Å². The Bertz CT molecular complexity index is 439. The average molecular weight is 315 g/mol. The molecule has 6 heteroatoms. The van der Waals surface area contributed by atoms with E-state index < -0.39 is 0 Å². The van der Waals surface area contributed by atoms with Gasteiger partial charge in [0.15, 0.2) is 0 Å². The first kappa shape index (κ1) is 17.8. The van der Waals surface area contributed by atoms with Crippen LogP contribution in [-0.4, -0.2) is 56.8 Å². The summed E-state index contributed by atoms with van der Waals surface area (Å²) >= 11 is 0. The number of benzene rings is 1. The molecule has 1 aromatic carbocycles. The van der Waals surface area contributed by atoms with Gasteiger partial charge in [-0.15, -0.1) is 12.4 Å². The maximum absolute atomic E-state index is 12.4. The Hall–Kier alpha value is -1.30. The number of halogens is 1. The Morgan fingerprint density at radius 1 is 1.33 bits per heavy atom. The van der Waals surface area contributed by atoms with E-state index in [0.717, 1.165) is 25.4 Å². The van der Waals surface area contributed by atoms with E-state index in [9.17, 15) is 4.79 Å². The minimum Gasteiger partial charge on any atom is -0.491 e. The van der Waals surface area contributed by atoms with E-state index in [1.165, 1.54) is 0 Å². The lowest BCUT2D eigenvalue weighted by Gasteiger charge is -2.34. The molecule has 1 aliphatic rings. The normalized spacial score (nSPS) is 18.0. The van der Waals surface area contributed by atoms with E-state index in [4.69, 9.17) is 9.47 Å². The number of nitrogens with one attached hydrogen (secondary N) is 1. The highest BCUT2D eigenvalue weighted by atomic mass is 35.5. The van der Waals surface area contributed by atoms with Gasteiger partial charge in [-0.3, -0.25) is 4.79 Å². The number of rotatable bonds is 5. The molecule has 21 heavy (non-hydrogen) atoms. The molecule has 0 saturated carbocycles. The van der Waals surface area contributed by atoms with Crippen LogP contribution < -0.4 is 10.1 Å². The van der Waals surface area contributed by atoms with Crippen LogP contribution in [0.5, 0.6) is 5.75 Å². The molecule has 1 saturated heterocycles. The number of hydrogen-bond acceptors (Lipinski definition) is 4. The van der Waals surface area contributed by atoms with Crippen molar-refractivity contribution in [2.24, 2.45) is 0 Å². The summed E-state index contributed by atoms with van der Waals surface area (Å²) in [4.78, 5) is 14.3. The molecule has 0 aromatic heterocycles. The third kappa shape index (κ3) is 4.88. The topological polar surface area (TPSA) is 50.8 Å². The van der Waals surface area contributed by atoms with E-state index in [-0.39, 0.29) is 24.4 Å². The second-order valence-corrected chi connectivity index (χ2v) is 4.92. The number of methoxy groups -OCH3 is 1. The first-order chi connectivity index (χ1) is 9.72. The van der Waals surface area contributed by atoms with Crippen LogP contribution in [0.25, 0.3) is 0 Å². The number of amides is 1. The summed E-state index contributed by atoms with van der Waals surface area (Å²) in [6, 6.07) is 7.53. The van der Waals surface area contributed by atoms with Crippen molar-refractivity contribution >= 4 is 18.3 Å². The maximum atomic E-state index is 12.4. The van der Waals surface area contributed by atoms with Crippen molar-refractivity contribution in [2.45, 2.75) is 13.0 Å². The van der Waals surface area contributed by atoms with Gasteiger partial charge in [-0.05, 0) is 31.2 Å². The largest absolute Gasteiger partial charge is 0.491 e. The average Bonchev–Trinajstić information content (AvgIpc) is 2.48. The molecule has 1 amide bonds. The summed E-state index contributed by atoms with van der Waals surface area (Å²) < 4.78 is 10.4. The Morgan fingerprint density at radius 2 is 2.05 bits per heavy atom. The van der Waals surface area contributed by atoms with E-state index in [0.29, 0.717) is 18.8 Å². The molecule has 0 spiro atoms. The smallest absolute Gasteiger partial charge is 0.254 e. The second-order valence-electron chi connectivity index (χ2n) is 4.92. The minimum atomic E-state index is 0. The molecule has 0 radical (unpaired) electrons. The Labute approximate surface area is 132 Å². The van der Waals surface area contributed by atoms with Crippen LogP contribution in [0.3, 0.4) is 0 Å². The molecule has 1 heterocycles. The van der Waals surface area contributed by atoms with Crippen LogP contribution in [0.2, 0.25) is 0 Å². The van der Waals surface area contributed by atoms with Gasteiger partial charge in [0.05, 0.1) is 6.61 Å². The summed E-state index contributed by atoms with van der Waals surface area (Å²) in [6.45, 7) is 5.59. The molecule has 1 aromatic rings. The number of piperazine rings is 1. The predicted octanol–water partition coefficient (Wildman–Crippen LogP) is 1.57. The van der Waals surface area contributed by atoms with Gasteiger partial charge in [-0.2, -0.15) is 0 Å². The van der Waals surface area contributed by atoms with Crippen LogP contribution in [0.15, 0.2) is 24.3 Å². The van der Waals surface area contributed by atoms with Crippen LogP contribution in [0.1, 0.15) is 17.3 Å². The van der Waals surface area contributed by atoms with Gasteiger partial charge in [0.1, 0.15) is 12.4 Å². The van der Waals surface area contributed by atoms with Crippen molar-refractivity contribution in [1.82, 2.24) is 10.2 Å². The lowest BCUT2D eigenvalue weighted by molar-refractivity contribution is 0.0655. The Balaban J connectivity index is 0.00000220. The third-order valence-electron chi connectivity index (χ3n) is 3.42. The predicted molar refractivity (Wildman–Crippen MR) is 84.4 cm³/mol. The number of hydrogen-bond donors (Lipinski definition) is 1.